The normalized spacial score (nSPS) is 15.2. The number of fused-ring (bicyclic) bond motifs is 1. The third-order valence-electron chi connectivity index (χ3n) is 5.29. The first-order valence-corrected chi connectivity index (χ1v) is 13.0. The third-order valence-corrected chi connectivity index (χ3v) is 7.49. The molecule has 0 bridgehead atoms. The maximum Gasteiger partial charge on any atom is 0.261 e. The van der Waals surface area contributed by atoms with Gasteiger partial charge in [0.1, 0.15) is 5.82 Å². The lowest BCUT2D eigenvalue weighted by Crippen LogP contribution is -2.39. The number of aromatic nitrogens is 1. The molecule has 3 aromatic rings. The Kier molecular flexibility index (Phi) is 6.85. The second-order valence-corrected chi connectivity index (χ2v) is 10.6. The van der Waals surface area contributed by atoms with Crippen molar-refractivity contribution in [3.63, 3.8) is 0 Å². The third kappa shape index (κ3) is 5.15. The maximum absolute atomic E-state index is 13.7. The van der Waals surface area contributed by atoms with E-state index in [9.17, 15) is 17.6 Å². The number of carbonyl (C=O) groups is 1. The average Bonchev–Trinajstić information content (AvgIpc) is 3.19. The van der Waals surface area contributed by atoms with Crippen LogP contribution in [0.2, 0.25) is 0 Å². The van der Waals surface area contributed by atoms with Gasteiger partial charge >= 0.3 is 0 Å². The van der Waals surface area contributed by atoms with E-state index < -0.39 is 15.7 Å². The molecule has 10 heteroatoms. The molecular weight excluding hydrogens is 453 g/mol. The van der Waals surface area contributed by atoms with Gasteiger partial charge in [0.2, 0.25) is 0 Å². The van der Waals surface area contributed by atoms with Crippen LogP contribution in [-0.4, -0.2) is 69.9 Å². The van der Waals surface area contributed by atoms with Gasteiger partial charge in [-0.1, -0.05) is 23.5 Å². The van der Waals surface area contributed by atoms with Crippen molar-refractivity contribution in [3.05, 3.63) is 53.8 Å². The molecule has 1 aromatic heterocycles. The van der Waals surface area contributed by atoms with Crippen LogP contribution in [0.15, 0.2) is 47.4 Å². The van der Waals surface area contributed by atoms with Crippen molar-refractivity contribution in [3.8, 4) is 0 Å². The summed E-state index contributed by atoms with van der Waals surface area (Å²) in [5.74, 6) is -0.812. The molecule has 1 fully saturated rings. The molecule has 170 valence electrons. The van der Waals surface area contributed by atoms with Gasteiger partial charge in [0.15, 0.2) is 15.0 Å². The molecule has 0 saturated carbocycles. The molecule has 0 N–H and O–H groups in total. The van der Waals surface area contributed by atoms with E-state index in [1.807, 2.05) is 0 Å². The minimum atomic E-state index is -3.60. The highest BCUT2D eigenvalue weighted by Gasteiger charge is 2.26. The number of halogens is 1. The van der Waals surface area contributed by atoms with Gasteiger partial charge in [-0.05, 0) is 36.8 Å². The number of amides is 1. The number of morpholine rings is 1. The summed E-state index contributed by atoms with van der Waals surface area (Å²) in [5.41, 5.74) is 0.695. The summed E-state index contributed by atoms with van der Waals surface area (Å²) in [7, 11) is -3.60. The van der Waals surface area contributed by atoms with E-state index in [1.54, 1.807) is 18.2 Å². The fourth-order valence-corrected chi connectivity index (χ4v) is 5.57. The second-order valence-electron chi connectivity index (χ2n) is 7.64. The van der Waals surface area contributed by atoms with Crippen LogP contribution in [0.1, 0.15) is 16.8 Å². The zero-order valence-electron chi connectivity index (χ0n) is 17.7. The highest BCUT2D eigenvalue weighted by atomic mass is 32.2. The van der Waals surface area contributed by atoms with Crippen LogP contribution in [0.3, 0.4) is 0 Å². The number of sulfone groups is 1. The number of anilines is 1. The number of ether oxygens (including phenoxy) is 1. The van der Waals surface area contributed by atoms with Crippen LogP contribution in [0.4, 0.5) is 9.52 Å². The fraction of sp³-hybridized carbons (Fsp3) is 0.364. The van der Waals surface area contributed by atoms with Crippen molar-refractivity contribution < 1.29 is 22.3 Å². The van der Waals surface area contributed by atoms with Crippen molar-refractivity contribution in [1.29, 1.82) is 0 Å². The molecule has 4 rings (SSSR count). The quantitative estimate of drug-likeness (QED) is 0.520. The first-order valence-electron chi connectivity index (χ1n) is 10.3. The van der Waals surface area contributed by atoms with E-state index in [0.717, 1.165) is 25.9 Å². The molecule has 0 unspecified atom stereocenters. The van der Waals surface area contributed by atoms with Crippen LogP contribution in [0, 0.1) is 5.82 Å². The molecular formula is C22H24FN3O4S2. The molecule has 0 atom stereocenters. The SMILES string of the molecule is CS(=O)(=O)c1ccccc1C(=O)N(CCCN1CCOCC1)c1nc2ccc(F)cc2s1. The first kappa shape index (κ1) is 22.8. The van der Waals surface area contributed by atoms with Crippen molar-refractivity contribution >= 4 is 42.4 Å². The fourth-order valence-electron chi connectivity index (χ4n) is 3.68. The van der Waals surface area contributed by atoms with Crippen LogP contribution in [0.5, 0.6) is 0 Å². The Morgan fingerprint density at radius 1 is 1.22 bits per heavy atom. The summed E-state index contributed by atoms with van der Waals surface area (Å²) in [5, 5.41) is 0.417. The molecule has 0 radical (unpaired) electrons. The van der Waals surface area contributed by atoms with Gasteiger partial charge < -0.3 is 4.74 Å². The lowest BCUT2D eigenvalue weighted by Gasteiger charge is -2.28. The van der Waals surface area contributed by atoms with Gasteiger partial charge in [-0.15, -0.1) is 0 Å². The summed E-state index contributed by atoms with van der Waals surface area (Å²) in [6.45, 7) is 4.19. The molecule has 1 amide bonds. The van der Waals surface area contributed by atoms with E-state index in [2.05, 4.69) is 9.88 Å². The summed E-state index contributed by atoms with van der Waals surface area (Å²) in [6.07, 6.45) is 1.76. The number of thiazole rings is 1. The van der Waals surface area contributed by atoms with Crippen LogP contribution >= 0.6 is 11.3 Å². The van der Waals surface area contributed by atoms with E-state index in [1.165, 1.54) is 40.5 Å². The van der Waals surface area contributed by atoms with E-state index >= 15 is 0 Å². The Balaban J connectivity index is 1.65. The maximum atomic E-state index is 13.7. The van der Waals surface area contributed by atoms with Gasteiger partial charge in [-0.3, -0.25) is 14.6 Å². The zero-order valence-corrected chi connectivity index (χ0v) is 19.3. The predicted octanol–water partition coefficient (Wildman–Crippen LogP) is 3.21. The average molecular weight is 478 g/mol. The van der Waals surface area contributed by atoms with Crippen LogP contribution in [-0.2, 0) is 14.6 Å². The van der Waals surface area contributed by atoms with E-state index in [4.69, 9.17) is 4.74 Å². The zero-order chi connectivity index (χ0) is 22.7. The lowest BCUT2D eigenvalue weighted by atomic mass is 10.2. The molecule has 2 aromatic carbocycles. The highest BCUT2D eigenvalue weighted by Crippen LogP contribution is 2.31. The number of rotatable bonds is 7. The number of carbonyl (C=O) groups excluding carboxylic acids is 1. The Labute approximate surface area is 190 Å². The van der Waals surface area contributed by atoms with Gasteiger partial charge in [0, 0.05) is 32.4 Å². The number of hydrogen-bond donors (Lipinski definition) is 0. The topological polar surface area (TPSA) is 79.8 Å². The Hall–Kier alpha value is -2.40. The molecule has 1 aliphatic rings. The van der Waals surface area contributed by atoms with E-state index in [-0.39, 0.29) is 16.3 Å². The van der Waals surface area contributed by atoms with Crippen molar-refractivity contribution in [2.24, 2.45) is 0 Å². The molecule has 1 aliphatic heterocycles. The summed E-state index contributed by atoms with van der Waals surface area (Å²) in [4.78, 5) is 21.8. The Bertz CT molecular complexity index is 1220. The van der Waals surface area contributed by atoms with Crippen molar-refractivity contribution in [2.75, 3.05) is 50.5 Å². The lowest BCUT2D eigenvalue weighted by molar-refractivity contribution is 0.0376. The minimum absolute atomic E-state index is 0.0182. The molecule has 1 saturated heterocycles. The molecule has 0 spiro atoms. The van der Waals surface area contributed by atoms with Gasteiger partial charge in [-0.2, -0.15) is 0 Å². The van der Waals surface area contributed by atoms with Crippen molar-refractivity contribution in [2.45, 2.75) is 11.3 Å². The molecule has 0 aliphatic carbocycles. The summed E-state index contributed by atoms with van der Waals surface area (Å²) >= 11 is 1.21. The molecule has 32 heavy (non-hydrogen) atoms. The standard InChI is InChI=1S/C22H24FN3O4S2/c1-32(28,29)20-6-3-2-5-17(20)21(27)26(10-4-9-25-11-13-30-14-12-25)22-24-18-8-7-16(23)15-19(18)31-22/h2-3,5-8,15H,4,9-14H2,1H3. The second kappa shape index (κ2) is 9.62. The first-order chi connectivity index (χ1) is 15.3. The highest BCUT2D eigenvalue weighted by molar-refractivity contribution is 7.90. The van der Waals surface area contributed by atoms with Gasteiger partial charge in [0.05, 0.1) is 33.9 Å². The Morgan fingerprint density at radius 3 is 2.72 bits per heavy atom. The molecule has 7 nitrogen and oxygen atoms in total. The van der Waals surface area contributed by atoms with Gasteiger partial charge in [-0.25, -0.2) is 17.8 Å². The number of benzene rings is 2. The van der Waals surface area contributed by atoms with Crippen LogP contribution in [0.25, 0.3) is 10.2 Å². The monoisotopic (exact) mass is 477 g/mol. The summed E-state index contributed by atoms with van der Waals surface area (Å²) < 4.78 is 44.2. The van der Waals surface area contributed by atoms with Gasteiger partial charge in [0.25, 0.3) is 5.91 Å². The van der Waals surface area contributed by atoms with Crippen LogP contribution < -0.4 is 4.90 Å². The minimum Gasteiger partial charge on any atom is -0.379 e. The number of hydrogen-bond acceptors (Lipinski definition) is 7. The smallest absolute Gasteiger partial charge is 0.261 e. The largest absolute Gasteiger partial charge is 0.379 e. The van der Waals surface area contributed by atoms with Crippen molar-refractivity contribution in [1.82, 2.24) is 9.88 Å². The predicted molar refractivity (Wildman–Crippen MR) is 123 cm³/mol. The Morgan fingerprint density at radius 2 is 1.97 bits per heavy atom. The molecule has 2 heterocycles. The summed E-state index contributed by atoms with van der Waals surface area (Å²) in [6, 6.07) is 10.5. The van der Waals surface area contributed by atoms with E-state index in [0.29, 0.717) is 41.5 Å². The number of nitrogens with zero attached hydrogens (tertiary/aromatic N) is 3.